The van der Waals surface area contributed by atoms with Crippen LogP contribution in [0.2, 0.25) is 0 Å². The summed E-state index contributed by atoms with van der Waals surface area (Å²) in [5, 5.41) is 11.6. The Hall–Kier alpha value is -2.88. The Balaban J connectivity index is 1.93. The van der Waals surface area contributed by atoms with Crippen LogP contribution in [0.5, 0.6) is 5.75 Å². The molecule has 4 aromatic rings. The van der Waals surface area contributed by atoms with Gasteiger partial charge in [-0.05, 0) is 36.4 Å². The molecule has 102 valence electrons. The number of benzene rings is 2. The van der Waals surface area contributed by atoms with Gasteiger partial charge in [0, 0.05) is 16.3 Å². The second kappa shape index (κ2) is 4.31. The van der Waals surface area contributed by atoms with Gasteiger partial charge in [-0.1, -0.05) is 18.2 Å². The maximum Gasteiger partial charge on any atom is 0.141 e. The molecule has 0 atom stereocenters. The third kappa shape index (κ3) is 1.92. The minimum Gasteiger partial charge on any atom is -0.506 e. The summed E-state index contributed by atoms with van der Waals surface area (Å²) in [5.74, 6) is -0.117. The second-order valence-corrected chi connectivity index (χ2v) is 4.96. The summed E-state index contributed by atoms with van der Waals surface area (Å²) >= 11 is 0. The van der Waals surface area contributed by atoms with Crippen molar-refractivity contribution in [2.45, 2.75) is 0 Å². The van der Waals surface area contributed by atoms with Crippen molar-refractivity contribution in [2.24, 2.45) is 0 Å². The van der Waals surface area contributed by atoms with Crippen LogP contribution in [0.15, 0.2) is 54.6 Å². The number of pyridine rings is 1. The molecule has 0 unspecified atom stereocenters. The van der Waals surface area contributed by atoms with Crippen molar-refractivity contribution in [1.29, 1.82) is 0 Å². The van der Waals surface area contributed by atoms with Crippen LogP contribution in [0, 0.1) is 5.82 Å². The van der Waals surface area contributed by atoms with Gasteiger partial charge in [0.25, 0.3) is 0 Å². The molecular weight excluding hydrogens is 267 g/mol. The first-order chi connectivity index (χ1) is 10.2. The predicted molar refractivity (Wildman–Crippen MR) is 80.7 cm³/mol. The Kier molecular flexibility index (Phi) is 2.44. The highest BCUT2D eigenvalue weighted by molar-refractivity contribution is 5.89. The number of hydrogen-bond acceptors (Lipinski definition) is 2. The van der Waals surface area contributed by atoms with E-state index in [-0.39, 0.29) is 11.6 Å². The quantitative estimate of drug-likeness (QED) is 0.547. The van der Waals surface area contributed by atoms with Gasteiger partial charge in [-0.2, -0.15) is 0 Å². The highest BCUT2D eigenvalue weighted by atomic mass is 19.1. The number of phenolic OH excluding ortho intramolecular Hbond substituents is 1. The van der Waals surface area contributed by atoms with E-state index in [2.05, 4.69) is 9.97 Å². The normalized spacial score (nSPS) is 11.3. The molecule has 0 aliphatic carbocycles. The summed E-state index contributed by atoms with van der Waals surface area (Å²) < 4.78 is 13.2. The van der Waals surface area contributed by atoms with Gasteiger partial charge in [-0.25, -0.2) is 9.37 Å². The molecule has 0 amide bonds. The van der Waals surface area contributed by atoms with E-state index in [1.807, 2.05) is 24.3 Å². The fourth-order valence-electron chi connectivity index (χ4n) is 2.52. The number of nitrogens with one attached hydrogen (secondary N) is 1. The zero-order valence-electron chi connectivity index (χ0n) is 11.0. The van der Waals surface area contributed by atoms with Crippen LogP contribution in [0.4, 0.5) is 4.39 Å². The van der Waals surface area contributed by atoms with Crippen LogP contribution in [0.25, 0.3) is 33.2 Å². The van der Waals surface area contributed by atoms with Crippen molar-refractivity contribution in [2.75, 3.05) is 0 Å². The average Bonchev–Trinajstić information content (AvgIpc) is 2.90. The molecule has 2 heterocycles. The summed E-state index contributed by atoms with van der Waals surface area (Å²) in [6, 6.07) is 15.5. The van der Waals surface area contributed by atoms with E-state index >= 15 is 0 Å². The van der Waals surface area contributed by atoms with E-state index in [0.717, 1.165) is 22.0 Å². The van der Waals surface area contributed by atoms with Gasteiger partial charge < -0.3 is 10.1 Å². The predicted octanol–water partition coefficient (Wildman–Crippen LogP) is 4.23. The number of fused-ring (bicyclic) bond motifs is 2. The van der Waals surface area contributed by atoms with E-state index < -0.39 is 0 Å². The van der Waals surface area contributed by atoms with Crippen molar-refractivity contribution in [1.82, 2.24) is 9.97 Å². The number of phenols is 1. The minimum absolute atomic E-state index is 0.150. The molecule has 0 aliphatic rings. The van der Waals surface area contributed by atoms with Gasteiger partial charge >= 0.3 is 0 Å². The third-order valence-corrected chi connectivity index (χ3v) is 3.56. The van der Waals surface area contributed by atoms with Gasteiger partial charge in [0.2, 0.25) is 0 Å². The van der Waals surface area contributed by atoms with E-state index in [4.69, 9.17) is 0 Å². The van der Waals surface area contributed by atoms with Crippen molar-refractivity contribution in [3.05, 3.63) is 60.4 Å². The molecule has 4 heteroatoms. The first-order valence-electron chi connectivity index (χ1n) is 6.58. The number of nitrogens with zero attached hydrogens (tertiary/aromatic N) is 1. The summed E-state index contributed by atoms with van der Waals surface area (Å²) in [6.07, 6.45) is 0. The molecule has 0 saturated heterocycles. The first-order valence-corrected chi connectivity index (χ1v) is 6.58. The Morgan fingerprint density at radius 1 is 0.952 bits per heavy atom. The fraction of sp³-hybridized carbons (Fsp3) is 0. The molecule has 0 spiro atoms. The number of H-pyrrole nitrogens is 1. The molecule has 0 aliphatic heterocycles. The molecule has 3 nitrogen and oxygen atoms in total. The number of halogens is 1. The van der Waals surface area contributed by atoms with Crippen molar-refractivity contribution in [3.63, 3.8) is 0 Å². The van der Waals surface area contributed by atoms with E-state index in [0.29, 0.717) is 11.2 Å². The third-order valence-electron chi connectivity index (χ3n) is 3.56. The Morgan fingerprint density at radius 3 is 2.76 bits per heavy atom. The lowest BCUT2D eigenvalue weighted by atomic mass is 10.1. The maximum atomic E-state index is 13.2. The van der Waals surface area contributed by atoms with Gasteiger partial charge in [0.15, 0.2) is 0 Å². The Morgan fingerprint density at radius 2 is 1.86 bits per heavy atom. The number of para-hydroxylation sites is 1. The lowest BCUT2D eigenvalue weighted by molar-refractivity contribution is 0.480. The lowest BCUT2D eigenvalue weighted by Gasteiger charge is -2.02. The second-order valence-electron chi connectivity index (χ2n) is 4.96. The van der Waals surface area contributed by atoms with Crippen molar-refractivity contribution < 1.29 is 9.50 Å². The van der Waals surface area contributed by atoms with Crippen LogP contribution >= 0.6 is 0 Å². The van der Waals surface area contributed by atoms with Crippen LogP contribution in [0.3, 0.4) is 0 Å². The van der Waals surface area contributed by atoms with E-state index in [1.165, 1.54) is 12.1 Å². The zero-order valence-corrected chi connectivity index (χ0v) is 11.0. The highest BCUT2D eigenvalue weighted by Gasteiger charge is 2.08. The minimum atomic E-state index is -0.267. The van der Waals surface area contributed by atoms with Crippen LogP contribution < -0.4 is 0 Å². The van der Waals surface area contributed by atoms with E-state index in [1.54, 1.807) is 18.2 Å². The topological polar surface area (TPSA) is 48.9 Å². The van der Waals surface area contributed by atoms with Crippen molar-refractivity contribution in [3.8, 4) is 17.1 Å². The Labute approximate surface area is 119 Å². The summed E-state index contributed by atoms with van der Waals surface area (Å²) in [6.45, 7) is 0. The van der Waals surface area contributed by atoms with Gasteiger partial charge in [0.1, 0.15) is 17.1 Å². The molecule has 2 N–H and O–H groups in total. The largest absolute Gasteiger partial charge is 0.506 e. The SMILES string of the molecule is Oc1cccc2ccc(-c3cc4cc(F)ccc4[nH]3)nc12. The standard InChI is InChI=1S/C17H11FN2O/c18-12-5-7-13-11(8-12)9-15(19-13)14-6-4-10-2-1-3-16(21)17(10)20-14/h1-9,19,21H. The molecule has 0 fully saturated rings. The van der Waals surface area contributed by atoms with Crippen molar-refractivity contribution >= 4 is 21.8 Å². The maximum absolute atomic E-state index is 13.2. The fourth-order valence-corrected chi connectivity index (χ4v) is 2.52. The van der Waals surface area contributed by atoms with Gasteiger partial charge in [-0.15, -0.1) is 0 Å². The molecule has 4 rings (SSSR count). The lowest BCUT2D eigenvalue weighted by Crippen LogP contribution is -1.85. The number of aromatic hydroxyl groups is 1. The summed E-state index contributed by atoms with van der Waals surface area (Å²) in [7, 11) is 0. The molecule has 2 aromatic heterocycles. The smallest absolute Gasteiger partial charge is 0.141 e. The monoisotopic (exact) mass is 278 g/mol. The van der Waals surface area contributed by atoms with Crippen LogP contribution in [-0.4, -0.2) is 15.1 Å². The highest BCUT2D eigenvalue weighted by Crippen LogP contribution is 2.28. The number of aromatic amines is 1. The van der Waals surface area contributed by atoms with Crippen LogP contribution in [-0.2, 0) is 0 Å². The molecule has 0 radical (unpaired) electrons. The molecule has 2 aromatic carbocycles. The number of rotatable bonds is 1. The Bertz CT molecular complexity index is 975. The molecular formula is C17H11FN2O. The number of aromatic nitrogens is 2. The van der Waals surface area contributed by atoms with Gasteiger partial charge in [-0.3, -0.25) is 0 Å². The summed E-state index contributed by atoms with van der Waals surface area (Å²) in [5.41, 5.74) is 2.91. The van der Waals surface area contributed by atoms with E-state index in [9.17, 15) is 9.50 Å². The first kappa shape index (κ1) is 11.9. The summed E-state index contributed by atoms with van der Waals surface area (Å²) in [4.78, 5) is 7.70. The van der Waals surface area contributed by atoms with Crippen LogP contribution in [0.1, 0.15) is 0 Å². The average molecular weight is 278 g/mol. The molecule has 21 heavy (non-hydrogen) atoms. The zero-order chi connectivity index (χ0) is 14.4. The van der Waals surface area contributed by atoms with Gasteiger partial charge in [0.05, 0.1) is 11.4 Å². The molecule has 0 saturated carbocycles. The number of hydrogen-bond donors (Lipinski definition) is 2. The molecule has 0 bridgehead atoms.